The van der Waals surface area contributed by atoms with Crippen LogP contribution < -0.4 is 4.72 Å². The fourth-order valence-corrected chi connectivity index (χ4v) is 4.59. The van der Waals surface area contributed by atoms with Gasteiger partial charge >= 0.3 is 0 Å². The van der Waals surface area contributed by atoms with Crippen molar-refractivity contribution in [3.63, 3.8) is 0 Å². The van der Waals surface area contributed by atoms with Crippen LogP contribution in [0.5, 0.6) is 0 Å². The topological polar surface area (TPSA) is 68.3 Å². The van der Waals surface area contributed by atoms with Gasteiger partial charge in [0.1, 0.15) is 4.90 Å². The minimum absolute atomic E-state index is 0.187. The third kappa shape index (κ3) is 3.22. The van der Waals surface area contributed by atoms with Crippen LogP contribution >= 0.6 is 11.3 Å². The maximum Gasteiger partial charge on any atom is 0.242 e. The standard InChI is InChI=1S/C15H18N2O3S2/c18-22(19,14-2-1-6-16-10-14)17-12-15(4-7-20-8-5-15)13-3-9-21-11-13/h1-3,6,9-11,17H,4-5,7-8,12H2. The summed E-state index contributed by atoms with van der Waals surface area (Å²) in [6.45, 7) is 1.69. The van der Waals surface area contributed by atoms with Crippen molar-refractivity contribution in [3.05, 3.63) is 46.9 Å². The van der Waals surface area contributed by atoms with Crippen molar-refractivity contribution in [1.82, 2.24) is 9.71 Å². The largest absolute Gasteiger partial charge is 0.381 e. The van der Waals surface area contributed by atoms with E-state index in [1.807, 2.05) is 5.38 Å². The molecule has 1 aliphatic rings. The Balaban J connectivity index is 1.80. The van der Waals surface area contributed by atoms with Crippen LogP contribution in [0.25, 0.3) is 0 Å². The number of nitrogens with zero attached hydrogens (tertiary/aromatic N) is 1. The van der Waals surface area contributed by atoms with Gasteiger partial charge in [-0.05, 0) is 47.4 Å². The fraction of sp³-hybridized carbons (Fsp3) is 0.400. The molecule has 0 aliphatic carbocycles. The molecule has 0 aromatic carbocycles. The van der Waals surface area contributed by atoms with E-state index in [0.29, 0.717) is 19.8 Å². The first kappa shape index (κ1) is 15.6. The van der Waals surface area contributed by atoms with Crippen LogP contribution in [0.3, 0.4) is 0 Å². The average Bonchev–Trinajstić information content (AvgIpc) is 3.10. The summed E-state index contributed by atoms with van der Waals surface area (Å²) in [5, 5.41) is 4.13. The van der Waals surface area contributed by atoms with Gasteiger partial charge < -0.3 is 4.74 Å². The molecular formula is C15H18N2O3S2. The summed E-state index contributed by atoms with van der Waals surface area (Å²) in [5.41, 5.74) is 1.00. The van der Waals surface area contributed by atoms with Crippen LogP contribution in [0, 0.1) is 0 Å². The summed E-state index contributed by atoms with van der Waals surface area (Å²) >= 11 is 1.63. The highest BCUT2D eigenvalue weighted by Gasteiger charge is 2.36. The lowest BCUT2D eigenvalue weighted by atomic mass is 9.75. The zero-order chi connectivity index (χ0) is 15.5. The molecule has 1 aliphatic heterocycles. The molecule has 1 N–H and O–H groups in total. The van der Waals surface area contributed by atoms with Gasteiger partial charge in [-0.15, -0.1) is 0 Å². The predicted octanol–water partition coefficient (Wildman–Crippen LogP) is 2.17. The van der Waals surface area contributed by atoms with Gasteiger partial charge in [0.2, 0.25) is 10.0 Å². The molecule has 3 rings (SSSR count). The van der Waals surface area contributed by atoms with E-state index in [0.717, 1.165) is 12.8 Å². The zero-order valence-electron chi connectivity index (χ0n) is 12.1. The van der Waals surface area contributed by atoms with Crippen molar-refractivity contribution >= 4 is 21.4 Å². The number of ether oxygens (including phenoxy) is 1. The summed E-state index contributed by atoms with van der Waals surface area (Å²) in [5.74, 6) is 0. The summed E-state index contributed by atoms with van der Waals surface area (Å²) < 4.78 is 33.0. The molecule has 2 aromatic heterocycles. The second-order valence-electron chi connectivity index (χ2n) is 5.42. The molecule has 22 heavy (non-hydrogen) atoms. The van der Waals surface area contributed by atoms with E-state index in [2.05, 4.69) is 21.2 Å². The van der Waals surface area contributed by atoms with E-state index in [1.165, 1.54) is 11.8 Å². The molecular weight excluding hydrogens is 320 g/mol. The maximum absolute atomic E-state index is 12.4. The molecule has 3 heterocycles. The Bertz CT molecular complexity index is 694. The quantitative estimate of drug-likeness (QED) is 0.907. The molecule has 0 spiro atoms. The van der Waals surface area contributed by atoms with Crippen LogP contribution in [0.4, 0.5) is 0 Å². The van der Waals surface area contributed by atoms with Crippen LogP contribution in [-0.4, -0.2) is 33.2 Å². The highest BCUT2D eigenvalue weighted by molar-refractivity contribution is 7.89. The zero-order valence-corrected chi connectivity index (χ0v) is 13.7. The van der Waals surface area contributed by atoms with E-state index >= 15 is 0 Å². The van der Waals surface area contributed by atoms with Gasteiger partial charge in [-0.2, -0.15) is 11.3 Å². The molecule has 5 nitrogen and oxygen atoms in total. The Kier molecular flexibility index (Phi) is 4.58. The lowest BCUT2D eigenvalue weighted by molar-refractivity contribution is 0.0518. The summed E-state index contributed by atoms with van der Waals surface area (Å²) in [6.07, 6.45) is 4.56. The van der Waals surface area contributed by atoms with Gasteiger partial charge in [0.15, 0.2) is 0 Å². The Hall–Kier alpha value is -1.28. The monoisotopic (exact) mass is 338 g/mol. The number of sulfonamides is 1. The van der Waals surface area contributed by atoms with Crippen LogP contribution in [0.15, 0.2) is 46.2 Å². The molecule has 0 radical (unpaired) electrons. The van der Waals surface area contributed by atoms with Crippen molar-refractivity contribution in [2.75, 3.05) is 19.8 Å². The predicted molar refractivity (Wildman–Crippen MR) is 85.5 cm³/mol. The SMILES string of the molecule is O=S(=O)(NCC1(c2ccsc2)CCOCC1)c1cccnc1. The first-order chi connectivity index (χ1) is 10.6. The van der Waals surface area contributed by atoms with Gasteiger partial charge in [0.05, 0.1) is 0 Å². The van der Waals surface area contributed by atoms with Crippen LogP contribution in [-0.2, 0) is 20.2 Å². The third-order valence-electron chi connectivity index (χ3n) is 4.13. The van der Waals surface area contributed by atoms with E-state index < -0.39 is 10.0 Å². The summed E-state index contributed by atoms with van der Waals surface area (Å²) in [7, 11) is -3.54. The number of hydrogen-bond acceptors (Lipinski definition) is 5. The lowest BCUT2D eigenvalue weighted by Crippen LogP contribution is -2.44. The number of aromatic nitrogens is 1. The highest BCUT2D eigenvalue weighted by atomic mass is 32.2. The number of rotatable bonds is 5. The van der Waals surface area contributed by atoms with Crippen molar-refractivity contribution in [2.45, 2.75) is 23.2 Å². The maximum atomic E-state index is 12.4. The first-order valence-electron chi connectivity index (χ1n) is 7.13. The number of pyridine rings is 1. The smallest absolute Gasteiger partial charge is 0.242 e. The average molecular weight is 338 g/mol. The number of nitrogens with one attached hydrogen (secondary N) is 1. The van der Waals surface area contributed by atoms with E-state index in [9.17, 15) is 8.42 Å². The van der Waals surface area contributed by atoms with Gasteiger partial charge in [0.25, 0.3) is 0 Å². The van der Waals surface area contributed by atoms with E-state index in [-0.39, 0.29) is 10.3 Å². The second-order valence-corrected chi connectivity index (χ2v) is 7.96. The second kappa shape index (κ2) is 6.45. The van der Waals surface area contributed by atoms with E-state index in [4.69, 9.17) is 4.74 Å². The van der Waals surface area contributed by atoms with Crippen molar-refractivity contribution in [3.8, 4) is 0 Å². The van der Waals surface area contributed by atoms with Crippen LogP contribution in [0.1, 0.15) is 18.4 Å². The Morgan fingerprint density at radius 1 is 1.32 bits per heavy atom. The summed E-state index contributed by atoms with van der Waals surface area (Å²) in [6, 6.07) is 5.25. The highest BCUT2D eigenvalue weighted by Crippen LogP contribution is 2.35. The minimum Gasteiger partial charge on any atom is -0.381 e. The molecule has 118 valence electrons. The fourth-order valence-electron chi connectivity index (χ4n) is 2.72. The molecule has 0 bridgehead atoms. The normalized spacial score (nSPS) is 18.2. The van der Waals surface area contributed by atoms with E-state index in [1.54, 1.807) is 29.7 Å². The molecule has 0 amide bonds. The molecule has 1 fully saturated rings. The van der Waals surface area contributed by atoms with Crippen molar-refractivity contribution in [2.24, 2.45) is 0 Å². The van der Waals surface area contributed by atoms with Gasteiger partial charge in [-0.3, -0.25) is 4.98 Å². The lowest BCUT2D eigenvalue weighted by Gasteiger charge is -2.37. The Morgan fingerprint density at radius 2 is 2.14 bits per heavy atom. The minimum atomic E-state index is -3.54. The van der Waals surface area contributed by atoms with Crippen LogP contribution in [0.2, 0.25) is 0 Å². The first-order valence-corrected chi connectivity index (χ1v) is 9.55. The Labute approximate surface area is 134 Å². The molecule has 0 saturated carbocycles. The molecule has 1 saturated heterocycles. The number of hydrogen-bond donors (Lipinski definition) is 1. The summed E-state index contributed by atoms with van der Waals surface area (Å²) in [4.78, 5) is 4.07. The molecule has 0 atom stereocenters. The molecule has 2 aromatic rings. The number of thiophene rings is 1. The Morgan fingerprint density at radius 3 is 2.77 bits per heavy atom. The van der Waals surface area contributed by atoms with Crippen molar-refractivity contribution in [1.29, 1.82) is 0 Å². The van der Waals surface area contributed by atoms with Gasteiger partial charge in [0, 0.05) is 37.6 Å². The molecule has 7 heteroatoms. The molecule has 0 unspecified atom stereocenters. The van der Waals surface area contributed by atoms with Crippen molar-refractivity contribution < 1.29 is 13.2 Å². The van der Waals surface area contributed by atoms with Gasteiger partial charge in [-0.25, -0.2) is 13.1 Å². The van der Waals surface area contributed by atoms with Gasteiger partial charge in [-0.1, -0.05) is 0 Å². The third-order valence-corrected chi connectivity index (χ3v) is 6.20.